The van der Waals surface area contributed by atoms with Crippen LogP contribution in [0.4, 0.5) is 0 Å². The summed E-state index contributed by atoms with van der Waals surface area (Å²) in [6.45, 7) is 0. The maximum atomic E-state index is 10.5. The van der Waals surface area contributed by atoms with E-state index in [1.807, 2.05) is 0 Å². The van der Waals surface area contributed by atoms with E-state index in [0.717, 1.165) is 0 Å². The number of phenolic OH excluding ortho intramolecular Hbond substituents is 1. The standard InChI is InChI=1S/C9H6N2O3/c12-5-8-9(11-14-10-8)6-2-1-3-7(13)4-6/h1-5,13H. The van der Waals surface area contributed by atoms with Gasteiger partial charge in [-0.25, -0.2) is 4.63 Å². The normalized spacial score (nSPS) is 10.0. The monoisotopic (exact) mass is 190 g/mol. The molecule has 1 N–H and O–H groups in total. The predicted molar refractivity (Wildman–Crippen MR) is 46.8 cm³/mol. The van der Waals surface area contributed by atoms with Gasteiger partial charge < -0.3 is 5.11 Å². The third-order valence-corrected chi connectivity index (χ3v) is 1.75. The van der Waals surface area contributed by atoms with Crippen molar-refractivity contribution in [1.82, 2.24) is 10.3 Å². The van der Waals surface area contributed by atoms with Crippen LogP contribution in [0, 0.1) is 0 Å². The van der Waals surface area contributed by atoms with E-state index in [4.69, 9.17) is 0 Å². The fraction of sp³-hybridized carbons (Fsp3) is 0. The van der Waals surface area contributed by atoms with Crippen LogP contribution < -0.4 is 0 Å². The molecule has 0 fully saturated rings. The molecule has 0 aliphatic carbocycles. The second-order valence-electron chi connectivity index (χ2n) is 2.67. The van der Waals surface area contributed by atoms with E-state index >= 15 is 0 Å². The first kappa shape index (κ1) is 8.43. The number of carbonyl (C=O) groups is 1. The summed E-state index contributed by atoms with van der Waals surface area (Å²) in [5, 5.41) is 16.2. The minimum Gasteiger partial charge on any atom is -0.508 e. The smallest absolute Gasteiger partial charge is 0.175 e. The van der Waals surface area contributed by atoms with Crippen LogP contribution in [0.1, 0.15) is 10.5 Å². The van der Waals surface area contributed by atoms with E-state index in [2.05, 4.69) is 14.9 Å². The van der Waals surface area contributed by atoms with Gasteiger partial charge >= 0.3 is 0 Å². The van der Waals surface area contributed by atoms with Crippen molar-refractivity contribution in [3.05, 3.63) is 30.0 Å². The molecular formula is C9H6N2O3. The Morgan fingerprint density at radius 1 is 1.36 bits per heavy atom. The molecule has 5 nitrogen and oxygen atoms in total. The van der Waals surface area contributed by atoms with Crippen molar-refractivity contribution in [2.75, 3.05) is 0 Å². The van der Waals surface area contributed by atoms with Crippen molar-refractivity contribution in [2.24, 2.45) is 0 Å². The lowest BCUT2D eigenvalue weighted by Crippen LogP contribution is -1.85. The van der Waals surface area contributed by atoms with Crippen LogP contribution in [0.25, 0.3) is 11.3 Å². The Hall–Kier alpha value is -2.17. The summed E-state index contributed by atoms with van der Waals surface area (Å²) in [7, 11) is 0. The van der Waals surface area contributed by atoms with Crippen LogP contribution in [0.3, 0.4) is 0 Å². The number of nitrogens with zero attached hydrogens (tertiary/aromatic N) is 2. The van der Waals surface area contributed by atoms with Crippen LogP contribution in [0.5, 0.6) is 5.75 Å². The van der Waals surface area contributed by atoms with Crippen molar-refractivity contribution in [3.63, 3.8) is 0 Å². The Morgan fingerprint density at radius 2 is 2.21 bits per heavy atom. The largest absolute Gasteiger partial charge is 0.508 e. The summed E-state index contributed by atoms with van der Waals surface area (Å²) < 4.78 is 4.42. The number of phenols is 1. The average Bonchev–Trinajstić information content (AvgIpc) is 2.65. The number of aldehydes is 1. The number of aromatic hydroxyl groups is 1. The van der Waals surface area contributed by atoms with Crippen LogP contribution in [-0.4, -0.2) is 21.7 Å². The van der Waals surface area contributed by atoms with Crippen LogP contribution >= 0.6 is 0 Å². The Labute approximate surface area is 78.9 Å². The van der Waals surface area contributed by atoms with E-state index in [0.29, 0.717) is 17.5 Å². The zero-order chi connectivity index (χ0) is 9.97. The second kappa shape index (κ2) is 3.29. The third kappa shape index (κ3) is 1.35. The lowest BCUT2D eigenvalue weighted by molar-refractivity contribution is 0.111. The molecule has 1 aromatic carbocycles. The Morgan fingerprint density at radius 3 is 2.93 bits per heavy atom. The number of benzene rings is 1. The molecule has 0 amide bonds. The molecule has 5 heteroatoms. The molecule has 1 heterocycles. The van der Waals surface area contributed by atoms with E-state index in [1.165, 1.54) is 12.1 Å². The third-order valence-electron chi connectivity index (χ3n) is 1.75. The van der Waals surface area contributed by atoms with Gasteiger partial charge in [-0.3, -0.25) is 4.79 Å². The molecule has 0 saturated carbocycles. The number of hydrogen-bond donors (Lipinski definition) is 1. The number of hydrogen-bond acceptors (Lipinski definition) is 5. The summed E-state index contributed by atoms with van der Waals surface area (Å²) in [6, 6.07) is 6.35. The predicted octanol–water partition coefficient (Wildman–Crippen LogP) is 1.25. The average molecular weight is 190 g/mol. The number of rotatable bonds is 2. The minimum absolute atomic E-state index is 0.0994. The highest BCUT2D eigenvalue weighted by atomic mass is 16.6. The van der Waals surface area contributed by atoms with Gasteiger partial charge in [0.25, 0.3) is 0 Å². The molecule has 0 aliphatic heterocycles. The number of aromatic nitrogens is 2. The van der Waals surface area contributed by atoms with Gasteiger partial charge in [0.2, 0.25) is 0 Å². The maximum Gasteiger partial charge on any atom is 0.175 e. The number of carbonyl (C=O) groups excluding carboxylic acids is 1. The molecule has 0 radical (unpaired) electrons. The molecule has 0 unspecified atom stereocenters. The SMILES string of the molecule is O=Cc1nonc1-c1cccc(O)c1. The fourth-order valence-corrected chi connectivity index (χ4v) is 1.13. The van der Waals surface area contributed by atoms with Crippen LogP contribution in [0.15, 0.2) is 28.9 Å². The molecule has 1 aromatic heterocycles. The Kier molecular flexibility index (Phi) is 1.98. The van der Waals surface area contributed by atoms with Gasteiger partial charge in [-0.1, -0.05) is 12.1 Å². The summed E-state index contributed by atoms with van der Waals surface area (Å²) in [5.41, 5.74) is 1.04. The van der Waals surface area contributed by atoms with Gasteiger partial charge in [0.15, 0.2) is 12.0 Å². The lowest BCUT2D eigenvalue weighted by Gasteiger charge is -1.95. The van der Waals surface area contributed by atoms with Crippen molar-refractivity contribution in [2.45, 2.75) is 0 Å². The van der Waals surface area contributed by atoms with Gasteiger partial charge in [0.1, 0.15) is 11.4 Å². The quantitative estimate of drug-likeness (QED) is 0.721. The maximum absolute atomic E-state index is 10.5. The topological polar surface area (TPSA) is 76.2 Å². The van der Waals surface area contributed by atoms with Gasteiger partial charge in [0.05, 0.1) is 0 Å². The first-order chi connectivity index (χ1) is 6.81. The van der Waals surface area contributed by atoms with Crippen LogP contribution in [0.2, 0.25) is 0 Å². The highest BCUT2D eigenvalue weighted by Crippen LogP contribution is 2.22. The van der Waals surface area contributed by atoms with E-state index in [9.17, 15) is 9.90 Å². The van der Waals surface area contributed by atoms with Gasteiger partial charge in [-0.05, 0) is 22.4 Å². The molecular weight excluding hydrogens is 184 g/mol. The molecule has 0 aliphatic rings. The second-order valence-corrected chi connectivity index (χ2v) is 2.67. The molecule has 0 bridgehead atoms. The van der Waals surface area contributed by atoms with Gasteiger partial charge in [-0.2, -0.15) is 0 Å². The molecule has 0 atom stereocenters. The van der Waals surface area contributed by atoms with Gasteiger partial charge in [0, 0.05) is 5.56 Å². The summed E-state index contributed by atoms with van der Waals surface area (Å²) in [5.74, 6) is 0.0994. The Balaban J connectivity index is 2.54. The van der Waals surface area contributed by atoms with Crippen molar-refractivity contribution in [1.29, 1.82) is 0 Å². The summed E-state index contributed by atoms with van der Waals surface area (Å²) in [4.78, 5) is 10.5. The molecule has 0 saturated heterocycles. The van der Waals surface area contributed by atoms with E-state index in [1.54, 1.807) is 12.1 Å². The van der Waals surface area contributed by atoms with Crippen molar-refractivity contribution >= 4 is 6.29 Å². The zero-order valence-corrected chi connectivity index (χ0v) is 7.04. The van der Waals surface area contributed by atoms with Crippen molar-refractivity contribution in [3.8, 4) is 17.0 Å². The molecule has 2 rings (SSSR count). The first-order valence-electron chi connectivity index (χ1n) is 3.88. The minimum atomic E-state index is 0.0994. The molecule has 70 valence electrons. The van der Waals surface area contributed by atoms with E-state index < -0.39 is 0 Å². The molecule has 14 heavy (non-hydrogen) atoms. The fourth-order valence-electron chi connectivity index (χ4n) is 1.13. The molecule has 2 aromatic rings. The van der Waals surface area contributed by atoms with Crippen molar-refractivity contribution < 1.29 is 14.5 Å². The van der Waals surface area contributed by atoms with E-state index in [-0.39, 0.29) is 11.4 Å². The summed E-state index contributed by atoms with van der Waals surface area (Å²) >= 11 is 0. The van der Waals surface area contributed by atoms with Crippen LogP contribution in [-0.2, 0) is 0 Å². The first-order valence-corrected chi connectivity index (χ1v) is 3.88. The lowest BCUT2D eigenvalue weighted by atomic mass is 10.1. The molecule has 0 spiro atoms. The summed E-state index contributed by atoms with van der Waals surface area (Å²) in [6.07, 6.45) is 0.551. The Bertz CT molecular complexity index is 465. The highest BCUT2D eigenvalue weighted by Gasteiger charge is 2.11. The highest BCUT2D eigenvalue weighted by molar-refractivity contribution is 5.82. The zero-order valence-electron chi connectivity index (χ0n) is 7.04. The van der Waals surface area contributed by atoms with Gasteiger partial charge in [-0.15, -0.1) is 0 Å².